The van der Waals surface area contributed by atoms with Crippen LogP contribution in [0, 0.1) is 0 Å². The van der Waals surface area contributed by atoms with Crippen LogP contribution >= 0.6 is 0 Å². The van der Waals surface area contributed by atoms with Gasteiger partial charge in [0.1, 0.15) is 5.75 Å². The normalized spacial score (nSPS) is 10.2. The summed E-state index contributed by atoms with van der Waals surface area (Å²) in [5, 5.41) is 8.81. The lowest BCUT2D eigenvalue weighted by molar-refractivity contribution is 0.0689. The maximum Gasteiger partial charge on any atom is 0.356 e. The molecule has 5 heteroatoms. The van der Waals surface area contributed by atoms with Crippen LogP contribution in [0.25, 0.3) is 0 Å². The lowest BCUT2D eigenvalue weighted by Crippen LogP contribution is -2.02. The molecule has 0 saturated carbocycles. The highest BCUT2D eigenvalue weighted by atomic mass is 16.5. The first-order chi connectivity index (χ1) is 9.19. The van der Waals surface area contributed by atoms with Gasteiger partial charge in [0, 0.05) is 0 Å². The molecular formula is C14H14N2O3. The summed E-state index contributed by atoms with van der Waals surface area (Å²) < 4.78 is 5.47. The van der Waals surface area contributed by atoms with Gasteiger partial charge in [-0.3, -0.25) is 4.98 Å². The van der Waals surface area contributed by atoms with Gasteiger partial charge < -0.3 is 9.84 Å². The van der Waals surface area contributed by atoms with Gasteiger partial charge in [0.2, 0.25) is 5.88 Å². The van der Waals surface area contributed by atoms with Gasteiger partial charge in [0.05, 0.1) is 12.4 Å². The molecule has 5 nitrogen and oxygen atoms in total. The number of hydrogen-bond acceptors (Lipinski definition) is 4. The van der Waals surface area contributed by atoms with E-state index in [0.717, 1.165) is 12.8 Å². The Labute approximate surface area is 110 Å². The quantitative estimate of drug-likeness (QED) is 0.892. The van der Waals surface area contributed by atoms with Crippen molar-refractivity contribution in [3.05, 3.63) is 47.9 Å². The molecule has 0 spiro atoms. The number of rotatable bonds is 5. The fourth-order valence-corrected chi connectivity index (χ4v) is 1.63. The summed E-state index contributed by atoms with van der Waals surface area (Å²) in [5.41, 5.74) is 1.10. The molecule has 0 aliphatic carbocycles. The van der Waals surface area contributed by atoms with Crippen molar-refractivity contribution in [1.82, 2.24) is 9.97 Å². The minimum absolute atomic E-state index is 0.139. The van der Waals surface area contributed by atoms with Crippen molar-refractivity contribution < 1.29 is 14.6 Å². The van der Waals surface area contributed by atoms with Gasteiger partial charge in [-0.2, -0.15) is 0 Å². The number of aromatic carboxylic acids is 1. The van der Waals surface area contributed by atoms with Gasteiger partial charge in [0.15, 0.2) is 5.69 Å². The number of aromatic nitrogens is 2. The fourth-order valence-electron chi connectivity index (χ4n) is 1.63. The summed E-state index contributed by atoms with van der Waals surface area (Å²) in [6.45, 7) is 2.12. The highest BCUT2D eigenvalue weighted by Crippen LogP contribution is 2.19. The van der Waals surface area contributed by atoms with Crippen LogP contribution < -0.4 is 4.74 Å². The summed E-state index contributed by atoms with van der Waals surface area (Å²) in [6, 6.07) is 7.63. The fraction of sp³-hybridized carbons (Fsp3) is 0.214. The molecule has 1 heterocycles. The molecule has 98 valence electrons. The number of benzene rings is 1. The van der Waals surface area contributed by atoms with Gasteiger partial charge in [-0.15, -0.1) is 0 Å². The zero-order valence-corrected chi connectivity index (χ0v) is 10.5. The second-order valence-electron chi connectivity index (χ2n) is 4.04. The molecule has 0 aliphatic heterocycles. The molecule has 1 N–H and O–H groups in total. The van der Waals surface area contributed by atoms with Gasteiger partial charge in [-0.25, -0.2) is 9.78 Å². The third kappa shape index (κ3) is 3.51. The van der Waals surface area contributed by atoms with Crippen molar-refractivity contribution in [2.24, 2.45) is 0 Å². The minimum atomic E-state index is -1.13. The molecule has 0 aliphatic rings. The predicted molar refractivity (Wildman–Crippen MR) is 69.5 cm³/mol. The lowest BCUT2D eigenvalue weighted by Gasteiger charge is -2.05. The lowest BCUT2D eigenvalue weighted by atomic mass is 10.1. The van der Waals surface area contributed by atoms with Crippen molar-refractivity contribution in [3.63, 3.8) is 0 Å². The molecule has 0 unspecified atom stereocenters. The summed E-state index contributed by atoms with van der Waals surface area (Å²) in [7, 11) is 0. The maximum atomic E-state index is 10.8. The minimum Gasteiger partial charge on any atom is -0.476 e. The highest BCUT2D eigenvalue weighted by Gasteiger charge is 2.07. The van der Waals surface area contributed by atoms with Gasteiger partial charge in [-0.05, 0) is 24.1 Å². The van der Waals surface area contributed by atoms with Crippen molar-refractivity contribution in [2.45, 2.75) is 19.8 Å². The van der Waals surface area contributed by atoms with Crippen LogP contribution in [0.3, 0.4) is 0 Å². The van der Waals surface area contributed by atoms with Crippen molar-refractivity contribution in [3.8, 4) is 11.6 Å². The number of carboxylic acid groups (broad SMARTS) is 1. The maximum absolute atomic E-state index is 10.8. The Balaban J connectivity index is 2.12. The van der Waals surface area contributed by atoms with E-state index in [9.17, 15) is 4.79 Å². The molecule has 0 atom stereocenters. The third-order valence-electron chi connectivity index (χ3n) is 2.52. The average Bonchev–Trinajstić information content (AvgIpc) is 2.42. The number of aryl methyl sites for hydroxylation is 1. The van der Waals surface area contributed by atoms with E-state index in [-0.39, 0.29) is 11.6 Å². The van der Waals surface area contributed by atoms with Gasteiger partial charge in [-0.1, -0.05) is 25.5 Å². The third-order valence-corrected chi connectivity index (χ3v) is 2.52. The SMILES string of the molecule is CCCc1ccc(Oc2cncc(C(=O)O)n2)cc1. The van der Waals surface area contributed by atoms with Crippen molar-refractivity contribution >= 4 is 5.97 Å². The first kappa shape index (κ1) is 13.0. The molecule has 0 saturated heterocycles. The Morgan fingerprint density at radius 2 is 2.00 bits per heavy atom. The van der Waals surface area contributed by atoms with Crippen LogP contribution in [0.1, 0.15) is 29.4 Å². The predicted octanol–water partition coefficient (Wildman–Crippen LogP) is 2.92. The first-order valence-corrected chi connectivity index (χ1v) is 6.01. The smallest absolute Gasteiger partial charge is 0.356 e. The Morgan fingerprint density at radius 3 is 2.63 bits per heavy atom. The van der Waals surface area contributed by atoms with Crippen LogP contribution in [-0.4, -0.2) is 21.0 Å². The van der Waals surface area contributed by atoms with E-state index < -0.39 is 5.97 Å². The number of ether oxygens (including phenoxy) is 1. The molecule has 2 aromatic rings. The van der Waals surface area contributed by atoms with E-state index >= 15 is 0 Å². The Morgan fingerprint density at radius 1 is 1.26 bits per heavy atom. The Kier molecular flexibility index (Phi) is 4.07. The van der Waals surface area contributed by atoms with Crippen LogP contribution in [-0.2, 0) is 6.42 Å². The molecule has 0 bridgehead atoms. The largest absolute Gasteiger partial charge is 0.476 e. The first-order valence-electron chi connectivity index (χ1n) is 6.01. The van der Waals surface area contributed by atoms with Crippen molar-refractivity contribution in [1.29, 1.82) is 0 Å². The topological polar surface area (TPSA) is 72.3 Å². The van der Waals surface area contributed by atoms with Crippen LogP contribution in [0.4, 0.5) is 0 Å². The van der Waals surface area contributed by atoms with Crippen molar-refractivity contribution in [2.75, 3.05) is 0 Å². The van der Waals surface area contributed by atoms with Crippen LogP contribution in [0.5, 0.6) is 11.6 Å². The summed E-state index contributed by atoms with van der Waals surface area (Å²) in [6.07, 6.45) is 4.67. The summed E-state index contributed by atoms with van der Waals surface area (Å²) >= 11 is 0. The summed E-state index contributed by atoms with van der Waals surface area (Å²) in [4.78, 5) is 18.4. The van der Waals surface area contributed by atoms with E-state index in [1.807, 2.05) is 24.3 Å². The standard InChI is InChI=1S/C14H14N2O3/c1-2-3-10-4-6-11(7-5-10)19-13-9-15-8-12(16-13)14(17)18/h4-9H,2-3H2,1H3,(H,17,18). The van der Waals surface area contributed by atoms with Crippen LogP contribution in [0.2, 0.25) is 0 Å². The molecule has 1 aromatic heterocycles. The number of carbonyl (C=O) groups is 1. The molecular weight excluding hydrogens is 244 g/mol. The Hall–Kier alpha value is -2.43. The van der Waals surface area contributed by atoms with E-state index in [1.165, 1.54) is 18.0 Å². The summed E-state index contributed by atoms with van der Waals surface area (Å²) in [5.74, 6) is -0.351. The number of nitrogens with zero attached hydrogens (tertiary/aromatic N) is 2. The average molecular weight is 258 g/mol. The van der Waals surface area contributed by atoms with Gasteiger partial charge >= 0.3 is 5.97 Å². The zero-order valence-electron chi connectivity index (χ0n) is 10.5. The molecule has 2 rings (SSSR count). The molecule has 0 amide bonds. The monoisotopic (exact) mass is 258 g/mol. The van der Waals surface area contributed by atoms with E-state index in [2.05, 4.69) is 16.9 Å². The second-order valence-corrected chi connectivity index (χ2v) is 4.04. The zero-order chi connectivity index (χ0) is 13.7. The number of carboxylic acids is 1. The second kappa shape index (κ2) is 5.95. The molecule has 1 aromatic carbocycles. The molecule has 0 radical (unpaired) electrons. The molecule has 19 heavy (non-hydrogen) atoms. The van der Waals surface area contributed by atoms with Gasteiger partial charge in [0.25, 0.3) is 0 Å². The molecule has 0 fully saturated rings. The van der Waals surface area contributed by atoms with Crippen LogP contribution in [0.15, 0.2) is 36.7 Å². The van der Waals surface area contributed by atoms with E-state index in [4.69, 9.17) is 9.84 Å². The highest BCUT2D eigenvalue weighted by molar-refractivity contribution is 5.84. The van der Waals surface area contributed by atoms with E-state index in [1.54, 1.807) is 0 Å². The Bertz CT molecular complexity index is 567. The van der Waals surface area contributed by atoms with E-state index in [0.29, 0.717) is 5.75 Å². The number of hydrogen-bond donors (Lipinski definition) is 1.